The van der Waals surface area contributed by atoms with E-state index in [4.69, 9.17) is 23.2 Å². The van der Waals surface area contributed by atoms with Gasteiger partial charge in [-0.25, -0.2) is 0 Å². The minimum Gasteiger partial charge on any atom is -0.263 e. The first kappa shape index (κ1) is 25.6. The van der Waals surface area contributed by atoms with E-state index in [-0.39, 0.29) is 23.7 Å². The maximum absolute atomic E-state index is 13.6. The molecule has 2 aromatic carbocycles. The molecule has 2 amide bonds. The van der Waals surface area contributed by atoms with Crippen LogP contribution >= 0.6 is 23.2 Å². The van der Waals surface area contributed by atoms with Gasteiger partial charge in [0.05, 0.1) is 11.4 Å². The summed E-state index contributed by atoms with van der Waals surface area (Å²) in [5.41, 5.74) is 4.96. The van der Waals surface area contributed by atoms with Gasteiger partial charge in [0.25, 0.3) is 4.58 Å². The molecule has 4 nitrogen and oxygen atoms in total. The number of anilines is 2. The minimum absolute atomic E-state index is 0.106. The van der Waals surface area contributed by atoms with Crippen LogP contribution in [0.2, 0.25) is 0 Å². The number of halogens is 2. The lowest BCUT2D eigenvalue weighted by Gasteiger charge is -2.37. The van der Waals surface area contributed by atoms with Gasteiger partial charge in [0.15, 0.2) is 0 Å². The highest BCUT2D eigenvalue weighted by atomic mass is 35.5. The van der Waals surface area contributed by atoms with Gasteiger partial charge in [-0.2, -0.15) is 0 Å². The van der Waals surface area contributed by atoms with E-state index in [1.165, 1.54) is 9.80 Å². The number of amides is 2. The number of para-hydroxylation sites is 2. The molecule has 33 heavy (non-hydrogen) atoms. The first-order valence-electron chi connectivity index (χ1n) is 11.6. The molecule has 0 bridgehead atoms. The highest BCUT2D eigenvalue weighted by Crippen LogP contribution is 2.50. The Kier molecular flexibility index (Phi) is 7.21. The lowest BCUT2D eigenvalue weighted by Crippen LogP contribution is -2.47. The first-order valence-corrected chi connectivity index (χ1v) is 12.4. The number of hydrogen-bond acceptors (Lipinski definition) is 2. The molecular weight excluding hydrogens is 455 g/mol. The van der Waals surface area contributed by atoms with Gasteiger partial charge in [0.2, 0.25) is 0 Å². The monoisotopic (exact) mass is 488 g/mol. The Balaban J connectivity index is 2.34. The Labute approximate surface area is 207 Å². The highest BCUT2D eigenvalue weighted by Gasteiger charge is 2.58. The molecule has 1 fully saturated rings. The topological polar surface area (TPSA) is 40.6 Å². The Morgan fingerprint density at radius 3 is 1.03 bits per heavy atom. The second-order valence-electron chi connectivity index (χ2n) is 9.98. The molecule has 0 atom stereocenters. The van der Waals surface area contributed by atoms with Crippen LogP contribution in [0.3, 0.4) is 0 Å². The van der Waals surface area contributed by atoms with Crippen LogP contribution in [0.15, 0.2) is 36.4 Å². The number of carbonyl (C=O) groups excluding carboxylic acids is 2. The standard InChI is InChI=1S/C27H34Cl2N2O2/c1-15(2)19-11-9-12-20(16(3)4)23(19)30-25(32)26(33)31(27(30,28)29)24-21(17(5)6)13-10-14-22(24)18(7)8/h9-18H,1-8H3. The molecule has 0 saturated carbocycles. The molecule has 0 aliphatic carbocycles. The van der Waals surface area contributed by atoms with Gasteiger partial charge in [0, 0.05) is 0 Å². The van der Waals surface area contributed by atoms with Crippen molar-refractivity contribution in [3.63, 3.8) is 0 Å². The zero-order valence-corrected chi connectivity index (χ0v) is 22.3. The molecule has 1 aliphatic rings. The molecular formula is C27H34Cl2N2O2. The maximum atomic E-state index is 13.6. The Morgan fingerprint density at radius 2 is 0.818 bits per heavy atom. The molecule has 1 heterocycles. The Morgan fingerprint density at radius 1 is 0.576 bits per heavy atom. The molecule has 178 valence electrons. The van der Waals surface area contributed by atoms with Crippen molar-refractivity contribution in [1.29, 1.82) is 0 Å². The SMILES string of the molecule is CC(C)c1cccc(C(C)C)c1N1C(=O)C(=O)N(c2c(C(C)C)cccc2C(C)C)C1(Cl)Cl. The van der Waals surface area contributed by atoms with E-state index in [0.29, 0.717) is 11.4 Å². The molecule has 0 radical (unpaired) electrons. The van der Waals surface area contributed by atoms with E-state index >= 15 is 0 Å². The lowest BCUT2D eigenvalue weighted by molar-refractivity contribution is -0.133. The van der Waals surface area contributed by atoms with Gasteiger partial charge in [-0.1, -0.05) is 115 Å². The van der Waals surface area contributed by atoms with Gasteiger partial charge < -0.3 is 0 Å². The van der Waals surface area contributed by atoms with E-state index in [9.17, 15) is 9.59 Å². The van der Waals surface area contributed by atoms with Gasteiger partial charge in [0.1, 0.15) is 0 Å². The molecule has 2 aromatic rings. The summed E-state index contributed by atoms with van der Waals surface area (Å²) in [6.07, 6.45) is 0. The van der Waals surface area contributed by atoms with E-state index in [1.54, 1.807) is 0 Å². The Hall–Kier alpha value is -2.04. The summed E-state index contributed by atoms with van der Waals surface area (Å²) in [5, 5.41) is 0. The summed E-state index contributed by atoms with van der Waals surface area (Å²) >= 11 is 14.1. The second kappa shape index (κ2) is 9.31. The first-order chi connectivity index (χ1) is 15.3. The fraction of sp³-hybridized carbons (Fsp3) is 0.481. The number of benzene rings is 2. The quantitative estimate of drug-likeness (QED) is 0.238. The van der Waals surface area contributed by atoms with Crippen LogP contribution in [0.1, 0.15) is 101 Å². The van der Waals surface area contributed by atoms with Crippen LogP contribution < -0.4 is 9.80 Å². The van der Waals surface area contributed by atoms with Crippen molar-refractivity contribution in [2.24, 2.45) is 0 Å². The van der Waals surface area contributed by atoms with Crippen LogP contribution in [-0.4, -0.2) is 16.4 Å². The fourth-order valence-corrected chi connectivity index (χ4v) is 5.19. The van der Waals surface area contributed by atoms with Crippen LogP contribution in [0, 0.1) is 0 Å². The third kappa shape index (κ3) is 4.28. The number of hydrogen-bond donors (Lipinski definition) is 0. The number of nitrogens with zero attached hydrogens (tertiary/aromatic N) is 2. The summed E-state index contributed by atoms with van der Waals surface area (Å²) in [4.78, 5) is 29.8. The van der Waals surface area contributed by atoms with E-state index in [0.717, 1.165) is 22.3 Å². The predicted octanol–water partition coefficient (Wildman–Crippen LogP) is 7.65. The molecule has 1 aliphatic heterocycles. The molecule has 1 saturated heterocycles. The summed E-state index contributed by atoms with van der Waals surface area (Å²) in [6, 6.07) is 11.8. The third-order valence-corrected chi connectivity index (χ3v) is 6.94. The molecule has 6 heteroatoms. The van der Waals surface area contributed by atoms with Gasteiger partial charge in [-0.3, -0.25) is 19.4 Å². The smallest absolute Gasteiger partial charge is 0.263 e. The normalized spacial score (nSPS) is 16.3. The summed E-state index contributed by atoms with van der Waals surface area (Å²) in [7, 11) is 0. The lowest BCUT2D eigenvalue weighted by atomic mass is 9.91. The van der Waals surface area contributed by atoms with E-state index in [2.05, 4.69) is 55.4 Å². The van der Waals surface area contributed by atoms with Crippen molar-refractivity contribution in [3.05, 3.63) is 58.7 Å². The van der Waals surface area contributed by atoms with Crippen LogP contribution in [0.5, 0.6) is 0 Å². The molecule has 0 spiro atoms. The average molecular weight is 489 g/mol. The predicted molar refractivity (Wildman–Crippen MR) is 139 cm³/mol. The summed E-state index contributed by atoms with van der Waals surface area (Å²) in [5.74, 6) is -1.02. The van der Waals surface area contributed by atoms with Gasteiger partial charge >= 0.3 is 11.8 Å². The zero-order valence-electron chi connectivity index (χ0n) is 20.7. The van der Waals surface area contributed by atoms with Gasteiger partial charge in [-0.05, 0) is 45.9 Å². The van der Waals surface area contributed by atoms with Crippen molar-refractivity contribution < 1.29 is 9.59 Å². The largest absolute Gasteiger partial charge is 0.320 e. The van der Waals surface area contributed by atoms with E-state index < -0.39 is 16.4 Å². The van der Waals surface area contributed by atoms with Crippen LogP contribution in [0.25, 0.3) is 0 Å². The fourth-order valence-electron chi connectivity index (χ4n) is 4.55. The van der Waals surface area contributed by atoms with Crippen LogP contribution in [-0.2, 0) is 9.59 Å². The number of rotatable bonds is 6. The van der Waals surface area contributed by atoms with Crippen molar-refractivity contribution in [3.8, 4) is 0 Å². The van der Waals surface area contributed by atoms with Crippen LogP contribution in [0.4, 0.5) is 11.4 Å². The van der Waals surface area contributed by atoms with Crippen molar-refractivity contribution in [1.82, 2.24) is 0 Å². The summed E-state index contributed by atoms with van der Waals surface area (Å²) in [6.45, 7) is 16.4. The number of alkyl halides is 2. The molecule has 0 aromatic heterocycles. The summed E-state index contributed by atoms with van der Waals surface area (Å²) < 4.78 is -1.91. The maximum Gasteiger partial charge on any atom is 0.320 e. The number of carbonyl (C=O) groups is 2. The van der Waals surface area contributed by atoms with E-state index in [1.807, 2.05) is 36.4 Å². The van der Waals surface area contributed by atoms with Gasteiger partial charge in [-0.15, -0.1) is 0 Å². The van der Waals surface area contributed by atoms with Crippen molar-refractivity contribution >= 4 is 46.4 Å². The average Bonchev–Trinajstić information content (AvgIpc) is 2.90. The second-order valence-corrected chi connectivity index (χ2v) is 11.2. The Bertz CT molecular complexity index is 938. The minimum atomic E-state index is -1.91. The van der Waals surface area contributed by atoms with Crippen molar-refractivity contribution in [2.45, 2.75) is 83.6 Å². The molecule has 0 unspecified atom stereocenters. The highest BCUT2D eigenvalue weighted by molar-refractivity contribution is 6.64. The molecule has 0 N–H and O–H groups in total. The third-order valence-electron chi connectivity index (χ3n) is 6.26. The zero-order chi connectivity index (χ0) is 24.8. The molecule has 3 rings (SSSR count). The van der Waals surface area contributed by atoms with Crippen molar-refractivity contribution in [2.75, 3.05) is 9.80 Å².